The first-order valence-electron chi connectivity index (χ1n) is 32.6. The lowest BCUT2D eigenvalue weighted by molar-refractivity contribution is -0.161. The highest BCUT2D eigenvalue weighted by molar-refractivity contribution is 7.47. The van der Waals surface area contributed by atoms with E-state index in [4.69, 9.17) is 37.0 Å². The van der Waals surface area contributed by atoms with Crippen LogP contribution in [0.5, 0.6) is 0 Å². The predicted octanol–water partition coefficient (Wildman–Crippen LogP) is 17.0. The molecule has 0 aliphatic heterocycles. The van der Waals surface area contributed by atoms with Crippen LogP contribution in [0.4, 0.5) is 0 Å². The van der Waals surface area contributed by atoms with E-state index in [1.807, 2.05) is 0 Å². The summed E-state index contributed by atoms with van der Waals surface area (Å²) in [6.07, 6.45) is 39.3. The molecule has 0 aliphatic rings. The van der Waals surface area contributed by atoms with E-state index in [0.29, 0.717) is 25.7 Å². The van der Waals surface area contributed by atoms with Crippen LogP contribution >= 0.6 is 15.6 Å². The highest BCUT2D eigenvalue weighted by atomic mass is 31.2. The number of esters is 4. The van der Waals surface area contributed by atoms with Crippen LogP contribution < -0.4 is 0 Å². The SMILES string of the molecule is CCCCCCCCCCCCCC(=O)OC[C@H](COP(=O)(O)OC[C@@H](O)COP(=O)(O)OC[C@@H](COC(=O)CCCCCCC)OC(=O)CCCCCCCCCC)OC(=O)CCCCCCCCCCCCCCCCC(C)C. The first-order chi connectivity index (χ1) is 39.0. The largest absolute Gasteiger partial charge is 0.472 e. The van der Waals surface area contributed by atoms with Gasteiger partial charge in [-0.25, -0.2) is 9.13 Å². The minimum Gasteiger partial charge on any atom is -0.462 e. The molecule has 0 aromatic rings. The minimum atomic E-state index is -4.94. The number of carbonyl (C=O) groups excluding carboxylic acids is 4. The Kier molecular flexibility index (Phi) is 54.6. The van der Waals surface area contributed by atoms with Crippen LogP contribution in [0.3, 0.4) is 0 Å². The fourth-order valence-electron chi connectivity index (χ4n) is 9.23. The molecule has 0 fully saturated rings. The molecule has 0 heterocycles. The zero-order valence-electron chi connectivity index (χ0n) is 51.9. The molecule has 2 unspecified atom stereocenters. The van der Waals surface area contributed by atoms with Gasteiger partial charge < -0.3 is 33.8 Å². The van der Waals surface area contributed by atoms with Gasteiger partial charge in [0.15, 0.2) is 12.2 Å². The van der Waals surface area contributed by atoms with Crippen molar-refractivity contribution in [3.05, 3.63) is 0 Å². The smallest absolute Gasteiger partial charge is 0.462 e. The van der Waals surface area contributed by atoms with Crippen molar-refractivity contribution in [2.24, 2.45) is 5.92 Å². The van der Waals surface area contributed by atoms with Crippen molar-refractivity contribution in [2.45, 2.75) is 329 Å². The third-order valence-electron chi connectivity index (χ3n) is 14.3. The average Bonchev–Trinajstić information content (AvgIpc) is 3.43. The molecule has 0 rings (SSSR count). The van der Waals surface area contributed by atoms with Gasteiger partial charge in [0.1, 0.15) is 19.3 Å². The second-order valence-electron chi connectivity index (χ2n) is 22.9. The summed E-state index contributed by atoms with van der Waals surface area (Å²) in [4.78, 5) is 71.8. The Balaban J connectivity index is 5.14. The average molecular weight is 1200 g/mol. The summed E-state index contributed by atoms with van der Waals surface area (Å²) in [5.74, 6) is -1.35. The summed E-state index contributed by atoms with van der Waals surface area (Å²) in [6.45, 7) is 7.08. The maximum Gasteiger partial charge on any atom is 0.472 e. The molecule has 5 atom stereocenters. The van der Waals surface area contributed by atoms with Gasteiger partial charge in [-0.3, -0.25) is 37.3 Å². The normalized spacial score (nSPS) is 14.3. The fourth-order valence-corrected chi connectivity index (χ4v) is 10.8. The molecule has 19 heteroatoms. The number of rotatable bonds is 62. The van der Waals surface area contributed by atoms with Crippen molar-refractivity contribution in [2.75, 3.05) is 39.6 Å². The van der Waals surface area contributed by atoms with Crippen molar-refractivity contribution < 1.29 is 80.2 Å². The third-order valence-corrected chi connectivity index (χ3v) is 16.2. The summed E-state index contributed by atoms with van der Waals surface area (Å²) in [5, 5.41) is 10.5. The lowest BCUT2D eigenvalue weighted by atomic mass is 10.0. The Hall–Kier alpha value is -1.94. The molecule has 0 aliphatic carbocycles. The number of phosphoric acid groups is 2. The van der Waals surface area contributed by atoms with Crippen LogP contribution in [0.15, 0.2) is 0 Å². The molecule has 0 saturated heterocycles. The number of aliphatic hydroxyl groups excluding tert-OH is 1. The minimum absolute atomic E-state index is 0.104. The number of aliphatic hydroxyl groups is 1. The number of hydrogen-bond donors (Lipinski definition) is 3. The summed E-state index contributed by atoms with van der Waals surface area (Å²) in [6, 6.07) is 0. The molecular weight excluding hydrogens is 1080 g/mol. The Morgan fingerprint density at radius 1 is 0.333 bits per heavy atom. The number of carbonyl (C=O) groups is 4. The van der Waals surface area contributed by atoms with Crippen molar-refractivity contribution in [3.63, 3.8) is 0 Å². The molecule has 81 heavy (non-hydrogen) atoms. The van der Waals surface area contributed by atoms with E-state index in [2.05, 4.69) is 34.6 Å². The fraction of sp³-hybridized carbons (Fsp3) is 0.935. The number of unbranched alkanes of at least 4 members (excludes halogenated alkanes) is 34. The van der Waals surface area contributed by atoms with E-state index in [1.165, 1.54) is 122 Å². The second-order valence-corrected chi connectivity index (χ2v) is 25.8. The Morgan fingerprint density at radius 2 is 0.568 bits per heavy atom. The quantitative estimate of drug-likeness (QED) is 0.0222. The lowest BCUT2D eigenvalue weighted by Gasteiger charge is -2.21. The van der Waals surface area contributed by atoms with E-state index >= 15 is 0 Å². The third kappa shape index (κ3) is 56.9. The molecule has 480 valence electrons. The van der Waals surface area contributed by atoms with Gasteiger partial charge in [-0.15, -0.1) is 0 Å². The molecule has 3 N–H and O–H groups in total. The first-order valence-corrected chi connectivity index (χ1v) is 35.6. The summed E-state index contributed by atoms with van der Waals surface area (Å²) >= 11 is 0. The second kappa shape index (κ2) is 55.9. The van der Waals surface area contributed by atoms with Crippen molar-refractivity contribution >= 4 is 39.5 Å². The zero-order chi connectivity index (χ0) is 59.9. The van der Waals surface area contributed by atoms with E-state index in [1.54, 1.807) is 0 Å². The van der Waals surface area contributed by atoms with Crippen molar-refractivity contribution in [3.8, 4) is 0 Å². The van der Waals surface area contributed by atoms with Gasteiger partial charge in [-0.2, -0.15) is 0 Å². The standard InChI is InChI=1S/C62H120O17P2/c1-6-9-12-15-17-19-24-28-32-36-41-46-60(65)73-52-58(79-62(67)48-43-38-33-29-26-23-21-20-22-25-27-30-35-39-44-55(4)5)54-77-81(70,71)75-50-56(63)49-74-80(68,69)76-53-57(51-72-59(64)45-40-34-14-11-8-3)78-61(66)47-42-37-31-18-16-13-10-7-2/h55-58,63H,6-54H2,1-5H3,(H,68,69)(H,70,71)/t56-,57+,58+/m0/s1. The molecule has 0 aromatic heterocycles. The molecule has 0 spiro atoms. The zero-order valence-corrected chi connectivity index (χ0v) is 53.7. The molecule has 17 nitrogen and oxygen atoms in total. The van der Waals surface area contributed by atoms with E-state index in [0.717, 1.165) is 109 Å². The van der Waals surface area contributed by atoms with Gasteiger partial charge in [-0.1, -0.05) is 259 Å². The van der Waals surface area contributed by atoms with Crippen molar-refractivity contribution in [1.82, 2.24) is 0 Å². The molecule has 0 saturated carbocycles. The number of hydrogen-bond acceptors (Lipinski definition) is 15. The Labute approximate surface area is 492 Å². The molecule has 0 aromatic carbocycles. The first kappa shape index (κ1) is 79.1. The molecule has 0 amide bonds. The van der Waals surface area contributed by atoms with Crippen molar-refractivity contribution in [1.29, 1.82) is 0 Å². The summed E-state index contributed by atoms with van der Waals surface area (Å²) in [5.41, 5.74) is 0. The van der Waals surface area contributed by atoms with Crippen LogP contribution in [-0.4, -0.2) is 96.7 Å². The van der Waals surface area contributed by atoms with Gasteiger partial charge in [0.05, 0.1) is 26.4 Å². The summed E-state index contributed by atoms with van der Waals surface area (Å²) in [7, 11) is -9.87. The van der Waals surface area contributed by atoms with Gasteiger partial charge in [0, 0.05) is 25.7 Å². The molecule has 0 bridgehead atoms. The Bertz CT molecular complexity index is 1580. The highest BCUT2D eigenvalue weighted by Crippen LogP contribution is 2.45. The maximum atomic E-state index is 13.0. The van der Waals surface area contributed by atoms with Crippen LogP contribution in [0, 0.1) is 5.92 Å². The monoisotopic (exact) mass is 1200 g/mol. The predicted molar refractivity (Wildman–Crippen MR) is 322 cm³/mol. The number of ether oxygens (including phenoxy) is 4. The topological polar surface area (TPSA) is 237 Å². The maximum absolute atomic E-state index is 13.0. The van der Waals surface area contributed by atoms with Gasteiger partial charge >= 0.3 is 39.5 Å². The lowest BCUT2D eigenvalue weighted by Crippen LogP contribution is -2.30. The Morgan fingerprint density at radius 3 is 0.840 bits per heavy atom. The highest BCUT2D eigenvalue weighted by Gasteiger charge is 2.30. The van der Waals surface area contributed by atoms with Crippen LogP contribution in [0.2, 0.25) is 0 Å². The van der Waals surface area contributed by atoms with Gasteiger partial charge in [-0.05, 0) is 31.6 Å². The van der Waals surface area contributed by atoms with Crippen LogP contribution in [0.25, 0.3) is 0 Å². The van der Waals surface area contributed by atoms with Gasteiger partial charge in [0.2, 0.25) is 0 Å². The van der Waals surface area contributed by atoms with E-state index in [-0.39, 0.29) is 25.7 Å². The van der Waals surface area contributed by atoms with Crippen LogP contribution in [-0.2, 0) is 65.4 Å². The molecular formula is C62H120O17P2. The van der Waals surface area contributed by atoms with Gasteiger partial charge in [0.25, 0.3) is 0 Å². The van der Waals surface area contributed by atoms with Crippen LogP contribution in [0.1, 0.15) is 311 Å². The molecule has 0 radical (unpaired) electrons. The number of phosphoric ester groups is 2. The summed E-state index contributed by atoms with van der Waals surface area (Å²) < 4.78 is 67.6. The van der Waals surface area contributed by atoms with E-state index in [9.17, 15) is 43.2 Å². The van der Waals surface area contributed by atoms with E-state index < -0.39 is 97.5 Å².